The van der Waals surface area contributed by atoms with Crippen LogP contribution in [0.1, 0.15) is 5.56 Å². The number of anilines is 1. The summed E-state index contributed by atoms with van der Waals surface area (Å²) in [5, 5.41) is 6.79. The van der Waals surface area contributed by atoms with Gasteiger partial charge < -0.3 is 15.4 Å². The second-order valence-corrected chi connectivity index (χ2v) is 8.05. The van der Waals surface area contributed by atoms with Crippen LogP contribution in [0.5, 0.6) is 0 Å². The van der Waals surface area contributed by atoms with Crippen molar-refractivity contribution in [1.29, 1.82) is 0 Å². The number of hydrogen-bond donors (Lipinski definition) is 2. The highest BCUT2D eigenvalue weighted by Gasteiger charge is 2.21. The van der Waals surface area contributed by atoms with Gasteiger partial charge >= 0.3 is 6.03 Å². The van der Waals surface area contributed by atoms with E-state index in [0.717, 1.165) is 35.4 Å². The molecule has 1 atom stereocenters. The SMILES string of the molecule is O=C(NCC1CN(Cc2ccc(Cl)c(Cl)c2)CCO1)Nc1cccc(Br)c1. The number of carbonyl (C=O) groups excluding carboxylic acids is 1. The van der Waals surface area contributed by atoms with Crippen LogP contribution in [0.4, 0.5) is 10.5 Å². The molecular formula is C19H20BrCl2N3O2. The van der Waals surface area contributed by atoms with Gasteiger partial charge in [0.25, 0.3) is 0 Å². The lowest BCUT2D eigenvalue weighted by atomic mass is 10.2. The van der Waals surface area contributed by atoms with Crippen LogP contribution in [0.15, 0.2) is 46.9 Å². The smallest absolute Gasteiger partial charge is 0.319 e. The predicted molar refractivity (Wildman–Crippen MR) is 113 cm³/mol. The van der Waals surface area contributed by atoms with Crippen LogP contribution in [0.25, 0.3) is 0 Å². The van der Waals surface area contributed by atoms with Crippen molar-refractivity contribution in [2.24, 2.45) is 0 Å². The van der Waals surface area contributed by atoms with Crippen molar-refractivity contribution in [1.82, 2.24) is 10.2 Å². The Hall–Kier alpha value is -1.31. The first-order valence-electron chi connectivity index (χ1n) is 8.58. The first-order valence-corrected chi connectivity index (χ1v) is 10.1. The van der Waals surface area contributed by atoms with Gasteiger partial charge in [0.1, 0.15) is 0 Å². The number of amides is 2. The Morgan fingerprint density at radius 3 is 2.85 bits per heavy atom. The number of halogens is 3. The molecule has 1 unspecified atom stereocenters. The Morgan fingerprint density at radius 2 is 2.07 bits per heavy atom. The first kappa shape index (κ1) is 20.4. The number of benzene rings is 2. The number of nitrogens with one attached hydrogen (secondary N) is 2. The summed E-state index contributed by atoms with van der Waals surface area (Å²) in [6.07, 6.45) is -0.0604. The molecule has 2 amide bonds. The molecule has 27 heavy (non-hydrogen) atoms. The quantitative estimate of drug-likeness (QED) is 0.658. The average molecular weight is 473 g/mol. The molecule has 5 nitrogen and oxygen atoms in total. The minimum absolute atomic E-state index is 0.0604. The lowest BCUT2D eigenvalue weighted by molar-refractivity contribution is -0.0285. The minimum Gasteiger partial charge on any atom is -0.374 e. The summed E-state index contributed by atoms with van der Waals surface area (Å²) in [4.78, 5) is 14.4. The first-order chi connectivity index (χ1) is 13.0. The summed E-state index contributed by atoms with van der Waals surface area (Å²) in [5.74, 6) is 0. The molecule has 8 heteroatoms. The normalized spacial score (nSPS) is 17.5. The third-order valence-electron chi connectivity index (χ3n) is 4.19. The van der Waals surface area contributed by atoms with Crippen LogP contribution in [0, 0.1) is 0 Å². The standard InChI is InChI=1S/C19H20BrCl2N3O2/c20-14-2-1-3-15(9-14)24-19(26)23-10-16-12-25(6-7-27-16)11-13-4-5-17(21)18(22)8-13/h1-5,8-9,16H,6-7,10-12H2,(H2,23,24,26). The number of carbonyl (C=O) groups is 1. The average Bonchev–Trinajstić information content (AvgIpc) is 2.63. The number of rotatable bonds is 5. The van der Waals surface area contributed by atoms with Crippen LogP contribution in [0.3, 0.4) is 0 Å². The minimum atomic E-state index is -0.252. The van der Waals surface area contributed by atoms with Gasteiger partial charge in [-0.3, -0.25) is 4.90 Å². The van der Waals surface area contributed by atoms with Gasteiger partial charge in [-0.15, -0.1) is 0 Å². The van der Waals surface area contributed by atoms with Crippen LogP contribution in [-0.2, 0) is 11.3 Å². The second-order valence-electron chi connectivity index (χ2n) is 6.32. The Balaban J connectivity index is 1.46. The number of morpholine rings is 1. The van der Waals surface area contributed by atoms with Crippen LogP contribution >= 0.6 is 39.1 Å². The summed E-state index contributed by atoms with van der Waals surface area (Å²) in [6, 6.07) is 12.9. The Morgan fingerprint density at radius 1 is 1.22 bits per heavy atom. The van der Waals surface area contributed by atoms with Gasteiger partial charge in [0.2, 0.25) is 0 Å². The van der Waals surface area contributed by atoms with Gasteiger partial charge in [-0.05, 0) is 35.9 Å². The fourth-order valence-corrected chi connectivity index (χ4v) is 3.61. The summed E-state index contributed by atoms with van der Waals surface area (Å²) < 4.78 is 6.68. The third-order valence-corrected chi connectivity index (χ3v) is 5.42. The van der Waals surface area contributed by atoms with Crippen molar-refractivity contribution in [2.75, 3.05) is 31.6 Å². The Labute approximate surface area is 177 Å². The van der Waals surface area contributed by atoms with Crippen molar-refractivity contribution in [3.8, 4) is 0 Å². The van der Waals surface area contributed by atoms with E-state index in [4.69, 9.17) is 27.9 Å². The molecule has 0 bridgehead atoms. The molecule has 1 aliphatic rings. The largest absolute Gasteiger partial charge is 0.374 e. The molecule has 2 aromatic carbocycles. The van der Waals surface area contributed by atoms with Gasteiger partial charge in [-0.1, -0.05) is 51.3 Å². The predicted octanol–water partition coefficient (Wildman–Crippen LogP) is 4.78. The second kappa shape index (κ2) is 9.75. The highest BCUT2D eigenvalue weighted by Crippen LogP contribution is 2.23. The summed E-state index contributed by atoms with van der Waals surface area (Å²) in [7, 11) is 0. The molecule has 0 saturated carbocycles. The highest BCUT2D eigenvalue weighted by atomic mass is 79.9. The molecule has 0 radical (unpaired) electrons. The molecular weight excluding hydrogens is 453 g/mol. The molecule has 0 aromatic heterocycles. The zero-order valence-corrected chi connectivity index (χ0v) is 17.6. The molecule has 2 aromatic rings. The summed E-state index contributed by atoms with van der Waals surface area (Å²) >= 11 is 15.4. The zero-order valence-electron chi connectivity index (χ0n) is 14.6. The van der Waals surface area contributed by atoms with Gasteiger partial charge in [-0.25, -0.2) is 4.79 Å². The van der Waals surface area contributed by atoms with Crippen molar-refractivity contribution >= 4 is 50.9 Å². The maximum atomic E-state index is 12.1. The molecule has 0 spiro atoms. The Bertz CT molecular complexity index is 806. The van der Waals surface area contributed by atoms with E-state index in [2.05, 4.69) is 31.5 Å². The van der Waals surface area contributed by atoms with Crippen molar-refractivity contribution in [3.63, 3.8) is 0 Å². The van der Waals surface area contributed by atoms with E-state index in [1.165, 1.54) is 0 Å². The molecule has 0 aliphatic carbocycles. The van der Waals surface area contributed by atoms with E-state index < -0.39 is 0 Å². The van der Waals surface area contributed by atoms with E-state index in [0.29, 0.717) is 23.2 Å². The molecule has 3 rings (SSSR count). The highest BCUT2D eigenvalue weighted by molar-refractivity contribution is 9.10. The van der Waals surface area contributed by atoms with E-state index in [1.807, 2.05) is 42.5 Å². The fraction of sp³-hybridized carbons (Fsp3) is 0.316. The van der Waals surface area contributed by atoms with Gasteiger partial charge in [0.15, 0.2) is 0 Å². The van der Waals surface area contributed by atoms with Crippen LogP contribution in [-0.4, -0.2) is 43.3 Å². The molecule has 1 fully saturated rings. The lowest BCUT2D eigenvalue weighted by Gasteiger charge is -2.33. The molecule has 1 heterocycles. The molecule has 1 saturated heterocycles. The Kier molecular flexibility index (Phi) is 7.38. The maximum absolute atomic E-state index is 12.1. The van der Waals surface area contributed by atoms with E-state index >= 15 is 0 Å². The van der Waals surface area contributed by atoms with Crippen molar-refractivity contribution < 1.29 is 9.53 Å². The van der Waals surface area contributed by atoms with E-state index in [9.17, 15) is 4.79 Å². The van der Waals surface area contributed by atoms with E-state index in [-0.39, 0.29) is 12.1 Å². The van der Waals surface area contributed by atoms with E-state index in [1.54, 1.807) is 0 Å². The zero-order chi connectivity index (χ0) is 19.2. The molecule has 2 N–H and O–H groups in total. The molecule has 1 aliphatic heterocycles. The lowest BCUT2D eigenvalue weighted by Crippen LogP contribution is -2.47. The fourth-order valence-electron chi connectivity index (χ4n) is 2.89. The number of hydrogen-bond acceptors (Lipinski definition) is 3. The van der Waals surface area contributed by atoms with Crippen molar-refractivity contribution in [3.05, 3.63) is 62.5 Å². The topological polar surface area (TPSA) is 53.6 Å². The summed E-state index contributed by atoms with van der Waals surface area (Å²) in [6.45, 7) is 3.40. The van der Waals surface area contributed by atoms with Crippen molar-refractivity contribution in [2.45, 2.75) is 12.6 Å². The van der Waals surface area contributed by atoms with Gasteiger partial charge in [-0.2, -0.15) is 0 Å². The van der Waals surface area contributed by atoms with Gasteiger partial charge in [0.05, 0.1) is 22.8 Å². The maximum Gasteiger partial charge on any atom is 0.319 e. The number of nitrogens with zero attached hydrogens (tertiary/aromatic N) is 1. The van der Waals surface area contributed by atoms with Crippen LogP contribution in [0.2, 0.25) is 10.0 Å². The number of urea groups is 1. The van der Waals surface area contributed by atoms with Crippen LogP contribution < -0.4 is 10.6 Å². The third kappa shape index (κ3) is 6.36. The number of ether oxygens (including phenoxy) is 1. The van der Waals surface area contributed by atoms with Gasteiger partial charge in [0, 0.05) is 36.3 Å². The monoisotopic (exact) mass is 471 g/mol. The molecule has 144 valence electrons. The summed E-state index contributed by atoms with van der Waals surface area (Å²) in [5.41, 5.74) is 1.83.